The smallest absolute Gasteiger partial charge is 0.219 e. The van der Waals surface area contributed by atoms with Crippen LogP contribution in [-0.4, -0.2) is 15.4 Å². The monoisotopic (exact) mass is 231 g/mol. The molecule has 0 spiro atoms. The summed E-state index contributed by atoms with van der Waals surface area (Å²) in [5, 5.41) is 0.146. The fourth-order valence-electron chi connectivity index (χ4n) is 1.42. The van der Waals surface area contributed by atoms with Gasteiger partial charge < -0.3 is 4.57 Å². The van der Waals surface area contributed by atoms with E-state index in [0.29, 0.717) is 0 Å². The molecule has 0 radical (unpaired) electrons. The van der Waals surface area contributed by atoms with Crippen LogP contribution in [0.4, 0.5) is 0 Å². The fraction of sp³-hybridized carbons (Fsp3) is 0.154. The Morgan fingerprint density at radius 3 is 2.44 bits per heavy atom. The van der Waals surface area contributed by atoms with E-state index in [9.17, 15) is 4.79 Å². The second-order valence-electron chi connectivity index (χ2n) is 3.42. The Morgan fingerprint density at radius 1 is 1.06 bits per heavy atom. The molecule has 0 aliphatic carbocycles. The SMILES string of the molecule is O=C(SCCn1cccc1)c1ccccc1. The van der Waals surface area contributed by atoms with Crippen LogP contribution < -0.4 is 0 Å². The lowest BCUT2D eigenvalue weighted by atomic mass is 10.2. The van der Waals surface area contributed by atoms with E-state index in [0.717, 1.165) is 17.9 Å². The van der Waals surface area contributed by atoms with Crippen LogP contribution in [0.2, 0.25) is 0 Å². The zero-order valence-corrected chi connectivity index (χ0v) is 9.69. The first-order valence-corrected chi connectivity index (χ1v) is 6.18. The molecule has 0 aliphatic rings. The number of benzene rings is 1. The number of thioether (sulfide) groups is 1. The second-order valence-corrected chi connectivity index (χ2v) is 4.49. The average Bonchev–Trinajstić information content (AvgIpc) is 2.83. The van der Waals surface area contributed by atoms with Gasteiger partial charge in [0.05, 0.1) is 0 Å². The van der Waals surface area contributed by atoms with E-state index in [4.69, 9.17) is 0 Å². The summed E-state index contributed by atoms with van der Waals surface area (Å²) in [5.41, 5.74) is 0.778. The van der Waals surface area contributed by atoms with E-state index in [1.807, 2.05) is 54.9 Å². The largest absolute Gasteiger partial charge is 0.353 e. The van der Waals surface area contributed by atoms with Crippen molar-refractivity contribution in [3.8, 4) is 0 Å². The number of hydrogen-bond acceptors (Lipinski definition) is 2. The fourth-order valence-corrected chi connectivity index (χ4v) is 2.21. The summed E-state index contributed by atoms with van der Waals surface area (Å²) < 4.78 is 2.07. The molecule has 1 heterocycles. The summed E-state index contributed by atoms with van der Waals surface area (Å²) in [7, 11) is 0. The van der Waals surface area contributed by atoms with Crippen LogP contribution in [0.3, 0.4) is 0 Å². The quantitative estimate of drug-likeness (QED) is 0.806. The Bertz CT molecular complexity index is 436. The van der Waals surface area contributed by atoms with Gasteiger partial charge in [-0.15, -0.1) is 0 Å². The lowest BCUT2D eigenvalue weighted by molar-refractivity contribution is 0.108. The van der Waals surface area contributed by atoms with Gasteiger partial charge in [-0.05, 0) is 12.1 Å². The van der Waals surface area contributed by atoms with Crippen molar-refractivity contribution < 1.29 is 4.79 Å². The van der Waals surface area contributed by atoms with Crippen molar-refractivity contribution in [1.82, 2.24) is 4.57 Å². The van der Waals surface area contributed by atoms with Crippen molar-refractivity contribution in [2.75, 3.05) is 5.75 Å². The van der Waals surface area contributed by atoms with Crippen LogP contribution in [-0.2, 0) is 6.54 Å². The van der Waals surface area contributed by atoms with Gasteiger partial charge in [-0.25, -0.2) is 0 Å². The Hall–Kier alpha value is -1.48. The number of carbonyl (C=O) groups is 1. The summed E-state index contributed by atoms with van der Waals surface area (Å²) in [6.45, 7) is 0.871. The van der Waals surface area contributed by atoms with Crippen molar-refractivity contribution in [1.29, 1.82) is 0 Å². The predicted octanol–water partition coefficient (Wildman–Crippen LogP) is 3.06. The van der Waals surface area contributed by atoms with Crippen LogP contribution >= 0.6 is 11.8 Å². The number of carbonyl (C=O) groups excluding carboxylic acids is 1. The number of hydrogen-bond donors (Lipinski definition) is 0. The molecule has 3 heteroatoms. The number of aromatic nitrogens is 1. The van der Waals surface area contributed by atoms with Crippen molar-refractivity contribution in [2.24, 2.45) is 0 Å². The first-order chi connectivity index (χ1) is 7.86. The normalized spacial score (nSPS) is 10.2. The van der Waals surface area contributed by atoms with Gasteiger partial charge in [0.15, 0.2) is 0 Å². The van der Waals surface area contributed by atoms with E-state index in [1.165, 1.54) is 11.8 Å². The topological polar surface area (TPSA) is 22.0 Å². The molecule has 2 rings (SSSR count). The van der Waals surface area contributed by atoms with Gasteiger partial charge >= 0.3 is 0 Å². The molecule has 0 N–H and O–H groups in total. The minimum absolute atomic E-state index is 0.146. The van der Waals surface area contributed by atoms with Gasteiger partial charge in [-0.1, -0.05) is 42.1 Å². The van der Waals surface area contributed by atoms with Crippen molar-refractivity contribution in [2.45, 2.75) is 6.54 Å². The van der Waals surface area contributed by atoms with E-state index >= 15 is 0 Å². The highest BCUT2D eigenvalue weighted by molar-refractivity contribution is 8.14. The van der Waals surface area contributed by atoms with Crippen LogP contribution in [0.15, 0.2) is 54.9 Å². The highest BCUT2D eigenvalue weighted by Crippen LogP contribution is 2.12. The molecular weight excluding hydrogens is 218 g/mol. The predicted molar refractivity (Wildman–Crippen MR) is 67.7 cm³/mol. The Kier molecular flexibility index (Phi) is 3.83. The number of nitrogens with zero attached hydrogens (tertiary/aromatic N) is 1. The van der Waals surface area contributed by atoms with E-state index < -0.39 is 0 Å². The number of rotatable bonds is 4. The van der Waals surface area contributed by atoms with Gasteiger partial charge in [0.25, 0.3) is 0 Å². The van der Waals surface area contributed by atoms with Gasteiger partial charge in [-0.3, -0.25) is 4.79 Å². The summed E-state index contributed by atoms with van der Waals surface area (Å²) in [6.07, 6.45) is 4.01. The highest BCUT2D eigenvalue weighted by Gasteiger charge is 2.04. The molecule has 0 unspecified atom stereocenters. The maximum absolute atomic E-state index is 11.7. The first kappa shape index (κ1) is 11.0. The molecule has 0 bridgehead atoms. The summed E-state index contributed by atoms with van der Waals surface area (Å²) in [4.78, 5) is 11.7. The van der Waals surface area contributed by atoms with Crippen LogP contribution in [0.25, 0.3) is 0 Å². The molecule has 0 aliphatic heterocycles. The van der Waals surface area contributed by atoms with Gasteiger partial charge in [-0.2, -0.15) is 0 Å². The molecular formula is C13H13NOS. The maximum atomic E-state index is 11.7. The molecule has 0 atom stereocenters. The summed E-state index contributed by atoms with van der Waals surface area (Å²) in [6, 6.07) is 13.4. The molecule has 0 amide bonds. The van der Waals surface area contributed by atoms with Crippen LogP contribution in [0.5, 0.6) is 0 Å². The Morgan fingerprint density at radius 2 is 1.75 bits per heavy atom. The zero-order chi connectivity index (χ0) is 11.2. The molecule has 2 nitrogen and oxygen atoms in total. The van der Waals surface area contributed by atoms with E-state index in [1.54, 1.807) is 0 Å². The standard InChI is InChI=1S/C13H13NOS/c15-13(12-6-2-1-3-7-12)16-11-10-14-8-4-5-9-14/h1-9H,10-11H2. The molecule has 0 saturated heterocycles. The molecule has 2 aromatic rings. The van der Waals surface area contributed by atoms with E-state index in [-0.39, 0.29) is 5.12 Å². The molecule has 1 aromatic carbocycles. The lowest BCUT2D eigenvalue weighted by Gasteiger charge is -2.02. The third-order valence-electron chi connectivity index (χ3n) is 2.26. The first-order valence-electron chi connectivity index (χ1n) is 5.19. The van der Waals surface area contributed by atoms with Crippen molar-refractivity contribution >= 4 is 16.9 Å². The third-order valence-corrected chi connectivity index (χ3v) is 3.14. The summed E-state index contributed by atoms with van der Waals surface area (Å²) >= 11 is 1.37. The Balaban J connectivity index is 1.81. The van der Waals surface area contributed by atoms with Gasteiger partial charge in [0.2, 0.25) is 5.12 Å². The highest BCUT2D eigenvalue weighted by atomic mass is 32.2. The van der Waals surface area contributed by atoms with Crippen molar-refractivity contribution in [3.63, 3.8) is 0 Å². The molecule has 0 saturated carbocycles. The van der Waals surface area contributed by atoms with Gasteiger partial charge in [0, 0.05) is 30.3 Å². The zero-order valence-electron chi connectivity index (χ0n) is 8.87. The lowest BCUT2D eigenvalue weighted by Crippen LogP contribution is -2.00. The number of aryl methyl sites for hydroxylation is 1. The molecule has 16 heavy (non-hydrogen) atoms. The molecule has 0 fully saturated rings. The second kappa shape index (κ2) is 5.56. The van der Waals surface area contributed by atoms with Crippen LogP contribution in [0.1, 0.15) is 10.4 Å². The van der Waals surface area contributed by atoms with Crippen molar-refractivity contribution in [3.05, 3.63) is 60.4 Å². The van der Waals surface area contributed by atoms with E-state index in [2.05, 4.69) is 4.57 Å². The minimum Gasteiger partial charge on any atom is -0.353 e. The Labute approximate surface area is 99.3 Å². The minimum atomic E-state index is 0.146. The molecule has 82 valence electrons. The molecule has 1 aromatic heterocycles. The van der Waals surface area contributed by atoms with Gasteiger partial charge in [0.1, 0.15) is 0 Å². The third kappa shape index (κ3) is 3.00. The summed E-state index contributed by atoms with van der Waals surface area (Å²) in [5.74, 6) is 0.808. The maximum Gasteiger partial charge on any atom is 0.219 e. The average molecular weight is 231 g/mol. The van der Waals surface area contributed by atoms with Crippen LogP contribution in [0, 0.1) is 0 Å².